The third kappa shape index (κ3) is 4.13. The van der Waals surface area contributed by atoms with Gasteiger partial charge in [0.1, 0.15) is 5.52 Å². The topological polar surface area (TPSA) is 116 Å². The van der Waals surface area contributed by atoms with E-state index in [2.05, 4.69) is 20.7 Å². The second kappa shape index (κ2) is 8.50. The van der Waals surface area contributed by atoms with Crippen LogP contribution in [-0.2, 0) is 17.9 Å². The Morgan fingerprint density at radius 2 is 1.79 bits per heavy atom. The zero-order chi connectivity index (χ0) is 22.8. The molecule has 1 N–H and O–H groups in total. The van der Waals surface area contributed by atoms with Crippen LogP contribution in [0.15, 0.2) is 82.5 Å². The summed E-state index contributed by atoms with van der Waals surface area (Å²) in [6.45, 7) is 0.380. The van der Waals surface area contributed by atoms with Crippen LogP contribution < -0.4 is 16.6 Å². The Morgan fingerprint density at radius 1 is 0.939 bits per heavy atom. The van der Waals surface area contributed by atoms with Crippen LogP contribution in [0.1, 0.15) is 12.0 Å². The lowest BCUT2D eigenvalue weighted by atomic mass is 10.2. The first-order chi connectivity index (χ1) is 16.1. The number of nitrogens with zero attached hydrogens (tertiary/aromatic N) is 6. The number of amides is 1. The number of aromatic nitrogens is 6. The van der Waals surface area contributed by atoms with E-state index in [0.29, 0.717) is 22.2 Å². The number of hydrogen-bond donors (Lipinski definition) is 1. The van der Waals surface area contributed by atoms with E-state index < -0.39 is 0 Å². The summed E-state index contributed by atoms with van der Waals surface area (Å²) in [6.07, 6.45) is 1.73. The number of fused-ring (bicyclic) bond motifs is 2. The van der Waals surface area contributed by atoms with Gasteiger partial charge in [-0.3, -0.25) is 14.0 Å². The van der Waals surface area contributed by atoms with Crippen LogP contribution in [0.2, 0.25) is 0 Å². The standard InChI is InChI=1S/C23H19N7O3/c31-21(11-13-29-22(32)18-8-1-2-9-19(18)25-27-29)24-17-7-5-6-16(14-17)15-30-23(33)28-12-4-3-10-20(28)26-30/h1-10,12,14H,11,13,15H2,(H,24,31). The molecule has 3 heterocycles. The van der Waals surface area contributed by atoms with E-state index in [0.717, 1.165) is 5.56 Å². The third-order valence-electron chi connectivity index (χ3n) is 5.21. The molecule has 1 amide bonds. The Hall–Kier alpha value is -4.60. The predicted octanol–water partition coefficient (Wildman–Crippen LogP) is 1.68. The molecule has 10 heteroatoms. The molecular weight excluding hydrogens is 422 g/mol. The Kier molecular flexibility index (Phi) is 5.23. The molecule has 0 aliphatic heterocycles. The molecule has 0 aliphatic rings. The molecule has 0 spiro atoms. The highest BCUT2D eigenvalue weighted by atomic mass is 16.2. The van der Waals surface area contributed by atoms with E-state index in [4.69, 9.17) is 0 Å². The van der Waals surface area contributed by atoms with Crippen LogP contribution in [0.4, 0.5) is 5.69 Å². The van der Waals surface area contributed by atoms with Gasteiger partial charge in [-0.1, -0.05) is 35.5 Å². The Balaban J connectivity index is 1.26. The number of pyridine rings is 1. The quantitative estimate of drug-likeness (QED) is 0.429. The zero-order valence-corrected chi connectivity index (χ0v) is 17.5. The Morgan fingerprint density at radius 3 is 2.67 bits per heavy atom. The van der Waals surface area contributed by atoms with Crippen molar-refractivity contribution in [3.05, 3.63) is 99.3 Å². The fourth-order valence-corrected chi connectivity index (χ4v) is 3.59. The van der Waals surface area contributed by atoms with Crippen molar-refractivity contribution >= 4 is 28.1 Å². The molecule has 0 atom stereocenters. The minimum Gasteiger partial charge on any atom is -0.326 e. The molecule has 0 saturated carbocycles. The number of benzene rings is 2. The Bertz CT molecular complexity index is 1600. The summed E-state index contributed by atoms with van der Waals surface area (Å²) >= 11 is 0. The monoisotopic (exact) mass is 441 g/mol. The van der Waals surface area contributed by atoms with E-state index in [9.17, 15) is 14.4 Å². The maximum Gasteiger partial charge on any atom is 0.350 e. The highest BCUT2D eigenvalue weighted by molar-refractivity contribution is 5.90. The summed E-state index contributed by atoms with van der Waals surface area (Å²) in [6, 6.07) is 19.5. The molecule has 0 unspecified atom stereocenters. The molecular formula is C23H19N7O3. The van der Waals surface area contributed by atoms with Gasteiger partial charge in [-0.15, -0.1) is 10.2 Å². The van der Waals surface area contributed by atoms with Crippen molar-refractivity contribution < 1.29 is 4.79 Å². The minimum absolute atomic E-state index is 0.0586. The summed E-state index contributed by atoms with van der Waals surface area (Å²) in [7, 11) is 0. The molecule has 0 saturated heterocycles. The van der Waals surface area contributed by atoms with Crippen molar-refractivity contribution in [1.29, 1.82) is 0 Å². The van der Waals surface area contributed by atoms with Gasteiger partial charge < -0.3 is 5.32 Å². The van der Waals surface area contributed by atoms with E-state index in [1.54, 1.807) is 60.8 Å². The van der Waals surface area contributed by atoms with Gasteiger partial charge in [0, 0.05) is 18.3 Å². The van der Waals surface area contributed by atoms with Gasteiger partial charge in [-0.2, -0.15) is 0 Å². The van der Waals surface area contributed by atoms with E-state index in [-0.39, 0.29) is 36.7 Å². The summed E-state index contributed by atoms with van der Waals surface area (Å²) in [4.78, 5) is 37.4. The van der Waals surface area contributed by atoms with Gasteiger partial charge in [0.25, 0.3) is 5.56 Å². The van der Waals surface area contributed by atoms with Crippen LogP contribution in [0.3, 0.4) is 0 Å². The maximum absolute atomic E-state index is 12.5. The molecule has 10 nitrogen and oxygen atoms in total. The number of carbonyl (C=O) groups excluding carboxylic acids is 1. The second-order valence-electron chi connectivity index (χ2n) is 7.50. The highest BCUT2D eigenvalue weighted by Gasteiger charge is 2.10. The molecule has 164 valence electrons. The summed E-state index contributed by atoms with van der Waals surface area (Å²) in [5, 5.41) is 15.5. The van der Waals surface area contributed by atoms with Crippen LogP contribution >= 0.6 is 0 Å². The van der Waals surface area contributed by atoms with Gasteiger partial charge in [-0.05, 0) is 42.0 Å². The van der Waals surface area contributed by atoms with Gasteiger partial charge >= 0.3 is 5.69 Å². The van der Waals surface area contributed by atoms with Gasteiger partial charge in [-0.25, -0.2) is 14.2 Å². The second-order valence-corrected chi connectivity index (χ2v) is 7.50. The molecule has 0 aliphatic carbocycles. The molecule has 33 heavy (non-hydrogen) atoms. The van der Waals surface area contributed by atoms with Crippen molar-refractivity contribution in [3.8, 4) is 0 Å². The third-order valence-corrected chi connectivity index (χ3v) is 5.21. The minimum atomic E-state index is -0.284. The number of carbonyl (C=O) groups is 1. The van der Waals surface area contributed by atoms with Gasteiger partial charge in [0.05, 0.1) is 18.5 Å². The number of rotatable bonds is 6. The average Bonchev–Trinajstić information content (AvgIpc) is 3.14. The zero-order valence-electron chi connectivity index (χ0n) is 17.5. The Labute approximate surface area is 186 Å². The number of aryl methyl sites for hydroxylation is 1. The molecule has 0 fully saturated rings. The normalized spacial score (nSPS) is 11.2. The lowest BCUT2D eigenvalue weighted by Gasteiger charge is -2.08. The summed E-state index contributed by atoms with van der Waals surface area (Å²) in [5.41, 5.74) is 1.97. The summed E-state index contributed by atoms with van der Waals surface area (Å²) in [5.74, 6) is -0.265. The van der Waals surface area contributed by atoms with E-state index >= 15 is 0 Å². The van der Waals surface area contributed by atoms with Crippen molar-refractivity contribution in [3.63, 3.8) is 0 Å². The lowest BCUT2D eigenvalue weighted by molar-refractivity contribution is -0.116. The maximum atomic E-state index is 12.5. The van der Waals surface area contributed by atoms with Crippen LogP contribution in [0, 0.1) is 0 Å². The van der Waals surface area contributed by atoms with Crippen LogP contribution in [0.5, 0.6) is 0 Å². The molecule has 5 aromatic rings. The van der Waals surface area contributed by atoms with Crippen molar-refractivity contribution in [2.45, 2.75) is 19.5 Å². The first kappa shape index (κ1) is 20.3. The SMILES string of the molecule is O=C(CCn1nnc2ccccc2c1=O)Nc1cccc(Cn2nc3ccccn3c2=O)c1. The number of anilines is 1. The smallest absolute Gasteiger partial charge is 0.326 e. The molecule has 3 aromatic heterocycles. The average molecular weight is 441 g/mol. The highest BCUT2D eigenvalue weighted by Crippen LogP contribution is 2.12. The van der Waals surface area contributed by atoms with E-state index in [1.807, 2.05) is 12.1 Å². The fourth-order valence-electron chi connectivity index (χ4n) is 3.59. The van der Waals surface area contributed by atoms with E-state index in [1.165, 1.54) is 13.8 Å². The largest absolute Gasteiger partial charge is 0.350 e. The number of hydrogen-bond acceptors (Lipinski definition) is 6. The van der Waals surface area contributed by atoms with Crippen LogP contribution in [-0.4, -0.2) is 35.1 Å². The lowest BCUT2D eigenvalue weighted by Crippen LogP contribution is -2.26. The van der Waals surface area contributed by atoms with Crippen molar-refractivity contribution in [1.82, 2.24) is 29.2 Å². The van der Waals surface area contributed by atoms with Gasteiger partial charge in [0.2, 0.25) is 5.91 Å². The molecule has 0 bridgehead atoms. The van der Waals surface area contributed by atoms with Gasteiger partial charge in [0.15, 0.2) is 5.65 Å². The number of nitrogens with one attached hydrogen (secondary N) is 1. The van der Waals surface area contributed by atoms with Crippen LogP contribution in [0.25, 0.3) is 16.6 Å². The molecule has 2 aromatic carbocycles. The first-order valence-corrected chi connectivity index (χ1v) is 10.3. The molecule has 5 rings (SSSR count). The predicted molar refractivity (Wildman–Crippen MR) is 122 cm³/mol. The fraction of sp³-hybridized carbons (Fsp3) is 0.130. The van der Waals surface area contributed by atoms with Crippen molar-refractivity contribution in [2.75, 3.05) is 5.32 Å². The van der Waals surface area contributed by atoms with Crippen molar-refractivity contribution in [2.24, 2.45) is 0 Å². The first-order valence-electron chi connectivity index (χ1n) is 10.3. The molecule has 0 radical (unpaired) electrons. The summed E-state index contributed by atoms with van der Waals surface area (Å²) < 4.78 is 4.04.